The van der Waals surface area contributed by atoms with Crippen molar-refractivity contribution < 1.29 is 0 Å². The van der Waals surface area contributed by atoms with Crippen LogP contribution in [0.2, 0.25) is 0 Å². The summed E-state index contributed by atoms with van der Waals surface area (Å²) in [5, 5.41) is 10.3. The smallest absolute Gasteiger partial charge is 0.252 e. The molecule has 0 bridgehead atoms. The van der Waals surface area contributed by atoms with E-state index < -0.39 is 0 Å². The summed E-state index contributed by atoms with van der Waals surface area (Å²) >= 11 is 0. The van der Waals surface area contributed by atoms with Crippen molar-refractivity contribution >= 4 is 111 Å². The monoisotopic (exact) mass is 1130 g/mol. The van der Waals surface area contributed by atoms with Gasteiger partial charge in [-0.2, -0.15) is 0 Å². The lowest BCUT2D eigenvalue weighted by atomic mass is 9.33. The van der Waals surface area contributed by atoms with Crippen LogP contribution in [-0.2, 0) is 10.8 Å². The molecule has 4 heteroatoms. The number of rotatable bonds is 7. The van der Waals surface area contributed by atoms with E-state index in [1.807, 2.05) is 0 Å². The molecular weight excluding hydrogens is 1060 g/mol. The Morgan fingerprint density at radius 2 is 0.739 bits per heavy atom. The van der Waals surface area contributed by atoms with E-state index in [4.69, 9.17) is 0 Å². The zero-order valence-corrected chi connectivity index (χ0v) is 50.5. The summed E-state index contributed by atoms with van der Waals surface area (Å²) in [5.41, 5.74) is 26.3. The summed E-state index contributed by atoms with van der Waals surface area (Å²) in [6.07, 6.45) is 0. The largest absolute Gasteiger partial charge is 0.311 e. The molecular formula is C84H64BN3. The number of nitrogens with zero attached hydrogens (tertiary/aromatic N) is 3. The first-order chi connectivity index (χ1) is 42.9. The first kappa shape index (κ1) is 52.0. The molecule has 0 saturated carbocycles. The Labute approximate surface area is 515 Å². The Bertz CT molecular complexity index is 5210. The summed E-state index contributed by atoms with van der Waals surface area (Å²) < 4.78 is 2.50. The van der Waals surface area contributed by atoms with E-state index in [-0.39, 0.29) is 17.5 Å². The third-order valence-electron chi connectivity index (χ3n) is 19.2. The van der Waals surface area contributed by atoms with Gasteiger partial charge < -0.3 is 14.4 Å². The summed E-state index contributed by atoms with van der Waals surface area (Å²) in [5.74, 6) is 0. The van der Waals surface area contributed by atoms with Crippen molar-refractivity contribution in [3.8, 4) is 50.2 Å². The molecule has 0 radical (unpaired) electrons. The lowest BCUT2D eigenvalue weighted by Gasteiger charge is -2.44. The first-order valence-corrected chi connectivity index (χ1v) is 31.1. The van der Waals surface area contributed by atoms with Crippen LogP contribution in [0.15, 0.2) is 279 Å². The molecule has 0 spiro atoms. The van der Waals surface area contributed by atoms with Gasteiger partial charge in [0, 0.05) is 44.9 Å². The van der Waals surface area contributed by atoms with Crippen molar-refractivity contribution in [1.29, 1.82) is 0 Å². The molecule has 0 saturated heterocycles. The molecule has 88 heavy (non-hydrogen) atoms. The van der Waals surface area contributed by atoms with Gasteiger partial charge in [-0.1, -0.05) is 248 Å². The van der Waals surface area contributed by atoms with Crippen LogP contribution in [0.4, 0.5) is 34.1 Å². The summed E-state index contributed by atoms with van der Waals surface area (Å²) in [4.78, 5) is 5.16. The molecule has 2 aliphatic heterocycles. The van der Waals surface area contributed by atoms with Gasteiger partial charge >= 0.3 is 0 Å². The second-order valence-electron chi connectivity index (χ2n) is 26.5. The fourth-order valence-corrected chi connectivity index (χ4v) is 14.7. The number of aromatic nitrogens is 1. The van der Waals surface area contributed by atoms with Crippen LogP contribution < -0.4 is 26.2 Å². The van der Waals surface area contributed by atoms with Crippen LogP contribution in [0.1, 0.15) is 52.7 Å². The second-order valence-corrected chi connectivity index (χ2v) is 26.5. The molecule has 0 atom stereocenters. The molecule has 15 aromatic rings. The van der Waals surface area contributed by atoms with Crippen molar-refractivity contribution in [2.45, 2.75) is 52.4 Å². The van der Waals surface area contributed by atoms with Gasteiger partial charge in [0.05, 0.1) is 16.7 Å². The van der Waals surface area contributed by atoms with Crippen LogP contribution in [0.5, 0.6) is 0 Å². The first-order valence-electron chi connectivity index (χ1n) is 31.1. The molecule has 0 N–H and O–H groups in total. The van der Waals surface area contributed by atoms with Gasteiger partial charge in [-0.05, 0) is 188 Å². The predicted molar refractivity (Wildman–Crippen MR) is 378 cm³/mol. The fraction of sp³-hybridized carbons (Fsp3) is 0.0952. The average Bonchev–Trinajstić information content (AvgIpc) is 0.926. The van der Waals surface area contributed by atoms with Gasteiger partial charge in [-0.25, -0.2) is 0 Å². The molecule has 3 heterocycles. The van der Waals surface area contributed by atoms with Gasteiger partial charge in [0.25, 0.3) is 6.71 Å². The topological polar surface area (TPSA) is 11.4 Å². The Morgan fingerprint density at radius 1 is 0.284 bits per heavy atom. The van der Waals surface area contributed by atoms with Crippen molar-refractivity contribution in [3.63, 3.8) is 0 Å². The van der Waals surface area contributed by atoms with E-state index >= 15 is 0 Å². The number of fused-ring (bicyclic) bond motifs is 7. The molecule has 17 rings (SSSR count). The Hall–Kier alpha value is -10.4. The van der Waals surface area contributed by atoms with Crippen LogP contribution in [0, 0.1) is 0 Å². The van der Waals surface area contributed by atoms with Crippen molar-refractivity contribution in [1.82, 2.24) is 4.57 Å². The highest BCUT2D eigenvalue weighted by atomic mass is 15.2. The zero-order chi connectivity index (χ0) is 59.2. The maximum Gasteiger partial charge on any atom is 0.252 e. The van der Waals surface area contributed by atoms with Gasteiger partial charge in [0.1, 0.15) is 0 Å². The number of anilines is 6. The molecule has 2 aliphatic rings. The minimum Gasteiger partial charge on any atom is -0.311 e. The molecule has 0 amide bonds. The predicted octanol–water partition coefficient (Wildman–Crippen LogP) is 21.0. The maximum absolute atomic E-state index is 2.58. The summed E-state index contributed by atoms with van der Waals surface area (Å²) in [6.45, 7) is 13.9. The average molecular weight is 1130 g/mol. The van der Waals surface area contributed by atoms with Gasteiger partial charge in [-0.15, -0.1) is 0 Å². The van der Waals surface area contributed by atoms with E-state index in [0.29, 0.717) is 0 Å². The third-order valence-corrected chi connectivity index (χ3v) is 19.2. The van der Waals surface area contributed by atoms with E-state index in [9.17, 15) is 0 Å². The van der Waals surface area contributed by atoms with Crippen molar-refractivity contribution in [3.05, 3.63) is 290 Å². The van der Waals surface area contributed by atoms with E-state index in [1.165, 1.54) is 138 Å². The van der Waals surface area contributed by atoms with Crippen molar-refractivity contribution in [2.24, 2.45) is 0 Å². The highest BCUT2D eigenvalue weighted by molar-refractivity contribution is 7.00. The highest BCUT2D eigenvalue weighted by Gasteiger charge is 2.44. The van der Waals surface area contributed by atoms with Crippen LogP contribution in [-0.4, -0.2) is 11.3 Å². The summed E-state index contributed by atoms with van der Waals surface area (Å²) in [6, 6.07) is 106. The van der Waals surface area contributed by atoms with E-state index in [1.54, 1.807) is 0 Å². The van der Waals surface area contributed by atoms with E-state index in [2.05, 4.69) is 335 Å². The molecule has 3 nitrogen and oxygen atoms in total. The molecule has 0 fully saturated rings. The Morgan fingerprint density at radius 3 is 1.30 bits per heavy atom. The molecule has 0 aliphatic carbocycles. The third kappa shape index (κ3) is 8.19. The minimum absolute atomic E-state index is 0.0301. The Balaban J connectivity index is 0.988. The lowest BCUT2D eigenvalue weighted by molar-refractivity contribution is 0.591. The highest BCUT2D eigenvalue weighted by Crippen LogP contribution is 2.50. The molecule has 14 aromatic carbocycles. The molecule has 418 valence electrons. The van der Waals surface area contributed by atoms with Crippen LogP contribution >= 0.6 is 0 Å². The normalized spacial score (nSPS) is 13.0. The maximum atomic E-state index is 2.58. The quantitative estimate of drug-likeness (QED) is 0.116. The van der Waals surface area contributed by atoms with E-state index in [0.717, 1.165) is 28.4 Å². The standard InChI is InChI=1S/C84H64BN3/c1-83(2,3)63-44-60-30-31-61-45-64(84(4,5)6)50-71-70(47-62(46-63)80(60)81(61)71)59-37-43-76-73(48-59)85-72-42-36-58(55-24-14-9-15-25-55)49-77(72)87(66-40-34-57(35-41-66)54-22-12-8-13-23-54)79-52-67(88-74-28-18-16-26-68(74)69-27-17-19-29-75(69)88)51-78(82(79)85)86(76)65-38-32-56(33-39-65)53-20-10-7-11-21-53/h7-52H,1-6H3. The number of para-hydroxylation sites is 2. The second kappa shape index (κ2) is 19.6. The van der Waals surface area contributed by atoms with Crippen LogP contribution in [0.3, 0.4) is 0 Å². The fourth-order valence-electron chi connectivity index (χ4n) is 14.7. The minimum atomic E-state index is -0.153. The Kier molecular flexibility index (Phi) is 11.5. The van der Waals surface area contributed by atoms with Crippen LogP contribution in [0.25, 0.3) is 104 Å². The SMILES string of the molecule is CC(C)(C)c1cc2ccc3cc(C(C)(C)C)cc4c(-c5ccc6c(c5)B5c7ccc(-c8ccccc8)cc7N(c7ccc(-c8ccccc8)cc7)c7cc(-n8c9ccccc9c9ccccc98)cc(c75)N6c5ccc(-c6ccccc6)cc5)cc(c1)c2c34. The van der Waals surface area contributed by atoms with Gasteiger partial charge in [-0.3, -0.25) is 0 Å². The number of benzene rings is 14. The lowest BCUT2D eigenvalue weighted by Crippen LogP contribution is -2.61. The number of hydrogen-bond acceptors (Lipinski definition) is 2. The van der Waals surface area contributed by atoms with Gasteiger partial charge in [0.2, 0.25) is 0 Å². The zero-order valence-electron chi connectivity index (χ0n) is 50.5. The number of hydrogen-bond donors (Lipinski definition) is 0. The van der Waals surface area contributed by atoms with Gasteiger partial charge in [0.15, 0.2) is 0 Å². The molecule has 1 aromatic heterocycles. The summed E-state index contributed by atoms with van der Waals surface area (Å²) in [7, 11) is 0. The van der Waals surface area contributed by atoms with Crippen molar-refractivity contribution in [2.75, 3.05) is 9.80 Å². The molecule has 0 unspecified atom stereocenters.